The second-order valence-electron chi connectivity index (χ2n) is 5.90. The number of nitrogens with zero attached hydrogens (tertiary/aromatic N) is 1. The molecule has 0 aliphatic heterocycles. The van der Waals surface area contributed by atoms with E-state index in [1.165, 1.54) is 28.2 Å². The average molecular weight is 318 g/mol. The third-order valence-electron chi connectivity index (χ3n) is 4.16. The molecule has 0 heterocycles. The lowest BCUT2D eigenvalue weighted by atomic mass is 10.1. The number of unbranched alkanes of at least 4 members (excludes halogenated alkanes) is 1. The van der Waals surface area contributed by atoms with E-state index in [0.717, 1.165) is 31.4 Å². The zero-order valence-electron chi connectivity index (χ0n) is 13.7. The molecule has 3 heteroatoms. The fourth-order valence-corrected chi connectivity index (χ4v) is 2.95. The van der Waals surface area contributed by atoms with Gasteiger partial charge in [0, 0.05) is 17.6 Å². The predicted molar refractivity (Wildman–Crippen MR) is 101 cm³/mol. The van der Waals surface area contributed by atoms with E-state index >= 15 is 0 Å². The van der Waals surface area contributed by atoms with Gasteiger partial charge in [0.25, 0.3) is 0 Å². The summed E-state index contributed by atoms with van der Waals surface area (Å²) in [6, 6.07) is 23.0. The first-order valence-corrected chi connectivity index (χ1v) is 8.35. The normalized spacial score (nSPS) is 11.2. The Balaban J connectivity index is 1.49. The Morgan fingerprint density at radius 1 is 0.917 bits per heavy atom. The summed E-state index contributed by atoms with van der Waals surface area (Å²) < 4.78 is 0. The highest BCUT2D eigenvalue weighted by molar-refractivity contribution is 5.93. The van der Waals surface area contributed by atoms with Crippen molar-refractivity contribution in [1.82, 2.24) is 0 Å². The van der Waals surface area contributed by atoms with Crippen LogP contribution in [0.3, 0.4) is 0 Å². The fraction of sp³-hybridized carbons (Fsp3) is 0.190. The Morgan fingerprint density at radius 2 is 1.75 bits per heavy atom. The Hall–Kier alpha value is -2.81. The first-order valence-electron chi connectivity index (χ1n) is 8.35. The molecule has 0 unspecified atom stereocenters. The van der Waals surface area contributed by atoms with Gasteiger partial charge in [0.1, 0.15) is 0 Å². The van der Waals surface area contributed by atoms with Crippen LogP contribution in [0.5, 0.6) is 0 Å². The molecule has 2 N–H and O–H groups in total. The van der Waals surface area contributed by atoms with Crippen LogP contribution >= 0.6 is 0 Å². The van der Waals surface area contributed by atoms with E-state index in [-0.39, 0.29) is 0 Å². The number of benzene rings is 3. The molecule has 3 aromatic carbocycles. The molecule has 0 atom stereocenters. The molecule has 3 rings (SSSR count). The molecular weight excluding hydrogens is 296 g/mol. The summed E-state index contributed by atoms with van der Waals surface area (Å²) in [6.45, 7) is 0.964. The van der Waals surface area contributed by atoms with Crippen LogP contribution in [0.15, 0.2) is 71.9 Å². The van der Waals surface area contributed by atoms with Crippen molar-refractivity contribution >= 4 is 22.7 Å². The number of hydrogen-bond acceptors (Lipinski definition) is 3. The third kappa shape index (κ3) is 4.13. The maximum Gasteiger partial charge on any atom is 0.0733 e. The van der Waals surface area contributed by atoms with Crippen LogP contribution in [-0.2, 0) is 6.42 Å². The lowest BCUT2D eigenvalue weighted by Gasteiger charge is -2.10. The highest BCUT2D eigenvalue weighted by Crippen LogP contribution is 2.22. The molecular formula is C21H22N2O. The van der Waals surface area contributed by atoms with Crippen molar-refractivity contribution in [3.63, 3.8) is 0 Å². The Bertz CT molecular complexity index is 821. The molecule has 24 heavy (non-hydrogen) atoms. The summed E-state index contributed by atoms with van der Waals surface area (Å²) in [5.74, 6) is 0. The molecule has 3 aromatic rings. The fourth-order valence-electron chi connectivity index (χ4n) is 2.95. The molecule has 0 aromatic heterocycles. The number of fused-ring (bicyclic) bond motifs is 1. The molecule has 0 bridgehead atoms. The molecule has 0 fully saturated rings. The van der Waals surface area contributed by atoms with E-state index in [1.807, 2.05) is 12.1 Å². The van der Waals surface area contributed by atoms with Gasteiger partial charge < -0.3 is 10.5 Å². The summed E-state index contributed by atoms with van der Waals surface area (Å²) in [4.78, 5) is 0. The molecule has 0 amide bonds. The maximum absolute atomic E-state index is 8.60. The second-order valence-corrected chi connectivity index (χ2v) is 5.90. The summed E-state index contributed by atoms with van der Waals surface area (Å²) in [7, 11) is 0. The molecule has 0 aliphatic rings. The number of aryl methyl sites for hydroxylation is 1. The Morgan fingerprint density at radius 3 is 2.67 bits per heavy atom. The van der Waals surface area contributed by atoms with E-state index < -0.39 is 0 Å². The van der Waals surface area contributed by atoms with Gasteiger partial charge in [-0.25, -0.2) is 0 Å². The number of anilines is 1. The van der Waals surface area contributed by atoms with E-state index in [4.69, 9.17) is 5.21 Å². The summed E-state index contributed by atoms with van der Waals surface area (Å²) >= 11 is 0. The van der Waals surface area contributed by atoms with Crippen LogP contribution in [0.4, 0.5) is 5.69 Å². The first-order chi connectivity index (χ1) is 11.9. The van der Waals surface area contributed by atoms with Gasteiger partial charge in [0.2, 0.25) is 0 Å². The first kappa shape index (κ1) is 16.1. The van der Waals surface area contributed by atoms with Crippen molar-refractivity contribution in [2.45, 2.75) is 19.3 Å². The van der Waals surface area contributed by atoms with Gasteiger partial charge in [-0.3, -0.25) is 0 Å². The molecule has 0 saturated carbocycles. The summed E-state index contributed by atoms with van der Waals surface area (Å²) in [5.41, 5.74) is 3.41. The topological polar surface area (TPSA) is 44.6 Å². The lowest BCUT2D eigenvalue weighted by molar-refractivity contribution is 0.322. The zero-order chi connectivity index (χ0) is 16.6. The molecule has 3 nitrogen and oxygen atoms in total. The van der Waals surface area contributed by atoms with Crippen LogP contribution in [0.25, 0.3) is 10.8 Å². The minimum absolute atomic E-state index is 0.934. The quantitative estimate of drug-likeness (QED) is 0.276. The number of hydrogen-bond donors (Lipinski definition) is 2. The van der Waals surface area contributed by atoms with Gasteiger partial charge in [0.15, 0.2) is 0 Å². The Labute approximate surface area is 142 Å². The summed E-state index contributed by atoms with van der Waals surface area (Å²) in [5, 5.41) is 17.8. The summed E-state index contributed by atoms with van der Waals surface area (Å²) in [6.07, 6.45) is 4.73. The highest BCUT2D eigenvalue weighted by atomic mass is 16.4. The highest BCUT2D eigenvalue weighted by Gasteiger charge is 2.00. The minimum Gasteiger partial charge on any atom is -0.411 e. The molecule has 0 saturated heterocycles. The van der Waals surface area contributed by atoms with E-state index in [2.05, 4.69) is 65.1 Å². The maximum atomic E-state index is 8.60. The molecule has 122 valence electrons. The molecule has 0 radical (unpaired) electrons. The Kier molecular flexibility index (Phi) is 5.46. The standard InChI is InChI=1S/C21H22N2O/c24-23-16-18-9-5-8-17(15-18)7-3-4-14-22-21-13-6-11-19-10-1-2-12-20(19)21/h1-2,5-6,8-13,15-16,22,24H,3-4,7,14H2/b23-16-. The van der Waals surface area contributed by atoms with Gasteiger partial charge in [-0.1, -0.05) is 65.8 Å². The van der Waals surface area contributed by atoms with Gasteiger partial charge in [0.05, 0.1) is 6.21 Å². The van der Waals surface area contributed by atoms with Crippen molar-refractivity contribution in [3.05, 3.63) is 77.9 Å². The van der Waals surface area contributed by atoms with Crippen LogP contribution in [0.2, 0.25) is 0 Å². The smallest absolute Gasteiger partial charge is 0.0733 e. The van der Waals surface area contributed by atoms with Gasteiger partial charge in [-0.15, -0.1) is 0 Å². The lowest BCUT2D eigenvalue weighted by Crippen LogP contribution is -2.02. The van der Waals surface area contributed by atoms with Crippen molar-refractivity contribution in [2.24, 2.45) is 5.16 Å². The largest absolute Gasteiger partial charge is 0.411 e. The number of nitrogens with one attached hydrogen (secondary N) is 1. The van der Waals surface area contributed by atoms with Crippen LogP contribution in [-0.4, -0.2) is 18.0 Å². The van der Waals surface area contributed by atoms with Gasteiger partial charge >= 0.3 is 0 Å². The van der Waals surface area contributed by atoms with E-state index in [0.29, 0.717) is 0 Å². The van der Waals surface area contributed by atoms with Crippen molar-refractivity contribution < 1.29 is 5.21 Å². The number of oxime groups is 1. The van der Waals surface area contributed by atoms with Crippen molar-refractivity contribution in [1.29, 1.82) is 0 Å². The van der Waals surface area contributed by atoms with E-state index in [9.17, 15) is 0 Å². The molecule has 0 spiro atoms. The van der Waals surface area contributed by atoms with Crippen LogP contribution in [0, 0.1) is 0 Å². The average Bonchev–Trinajstić information content (AvgIpc) is 2.62. The van der Waals surface area contributed by atoms with Gasteiger partial charge in [-0.2, -0.15) is 0 Å². The van der Waals surface area contributed by atoms with E-state index in [1.54, 1.807) is 0 Å². The predicted octanol–water partition coefficient (Wildman–Crippen LogP) is 5.08. The zero-order valence-corrected chi connectivity index (χ0v) is 13.7. The monoisotopic (exact) mass is 318 g/mol. The minimum atomic E-state index is 0.934. The third-order valence-corrected chi connectivity index (χ3v) is 4.16. The van der Waals surface area contributed by atoms with Crippen LogP contribution < -0.4 is 5.32 Å². The van der Waals surface area contributed by atoms with Gasteiger partial charge in [-0.05, 0) is 41.8 Å². The second kappa shape index (κ2) is 8.16. The van der Waals surface area contributed by atoms with Crippen molar-refractivity contribution in [3.8, 4) is 0 Å². The van der Waals surface area contributed by atoms with Crippen molar-refractivity contribution in [2.75, 3.05) is 11.9 Å². The van der Waals surface area contributed by atoms with Crippen LogP contribution in [0.1, 0.15) is 24.0 Å². The SMILES string of the molecule is O/N=C\c1cccc(CCCCNc2cccc3ccccc23)c1. The molecule has 0 aliphatic carbocycles. The number of rotatable bonds is 7.